The SMILES string of the molecule is C[C@@H](O)[C@@H](NC(=O)N1CCCC(c2ccc(-c3ccccc3)cc2)C1)C(=O)NO. The van der Waals surface area contributed by atoms with Crippen molar-refractivity contribution in [1.82, 2.24) is 15.7 Å². The molecule has 3 rings (SSSR count). The van der Waals surface area contributed by atoms with Crippen LogP contribution >= 0.6 is 0 Å². The summed E-state index contributed by atoms with van der Waals surface area (Å²) in [6, 6.07) is 16.9. The van der Waals surface area contributed by atoms with Gasteiger partial charge in [-0.05, 0) is 36.5 Å². The van der Waals surface area contributed by atoms with E-state index < -0.39 is 24.1 Å². The summed E-state index contributed by atoms with van der Waals surface area (Å²) < 4.78 is 0. The van der Waals surface area contributed by atoms with Crippen LogP contribution in [-0.2, 0) is 4.79 Å². The Morgan fingerprint density at radius 1 is 1.07 bits per heavy atom. The molecule has 2 aromatic rings. The summed E-state index contributed by atoms with van der Waals surface area (Å²) in [5, 5.41) is 21.0. The van der Waals surface area contributed by atoms with Gasteiger partial charge in [0, 0.05) is 19.0 Å². The van der Waals surface area contributed by atoms with Crippen molar-refractivity contribution in [2.24, 2.45) is 0 Å². The van der Waals surface area contributed by atoms with Gasteiger partial charge in [-0.2, -0.15) is 0 Å². The first kappa shape index (κ1) is 20.8. The van der Waals surface area contributed by atoms with Crippen molar-refractivity contribution in [3.05, 3.63) is 60.2 Å². The molecule has 1 unspecified atom stereocenters. The van der Waals surface area contributed by atoms with Crippen molar-refractivity contribution in [2.75, 3.05) is 13.1 Å². The Bertz CT molecular complexity index is 824. The third-order valence-electron chi connectivity index (χ3n) is 5.35. The number of hydrogen-bond acceptors (Lipinski definition) is 4. The number of hydrogen-bond donors (Lipinski definition) is 4. The molecule has 1 heterocycles. The van der Waals surface area contributed by atoms with Crippen LogP contribution in [0.4, 0.5) is 4.79 Å². The van der Waals surface area contributed by atoms with E-state index in [-0.39, 0.29) is 5.92 Å². The molecule has 2 aromatic carbocycles. The minimum Gasteiger partial charge on any atom is -0.391 e. The minimum atomic E-state index is -1.21. The van der Waals surface area contributed by atoms with Crippen LogP contribution < -0.4 is 10.8 Å². The fourth-order valence-electron chi connectivity index (χ4n) is 3.71. The van der Waals surface area contributed by atoms with Gasteiger partial charge in [-0.1, -0.05) is 54.6 Å². The van der Waals surface area contributed by atoms with Crippen LogP contribution in [-0.4, -0.2) is 52.4 Å². The van der Waals surface area contributed by atoms with E-state index in [1.165, 1.54) is 18.0 Å². The molecule has 0 spiro atoms. The molecule has 4 N–H and O–H groups in total. The molecular weight excluding hydrogens is 370 g/mol. The number of benzene rings is 2. The lowest BCUT2D eigenvalue weighted by Gasteiger charge is -2.34. The molecule has 0 aliphatic carbocycles. The summed E-state index contributed by atoms with van der Waals surface area (Å²) in [4.78, 5) is 25.9. The van der Waals surface area contributed by atoms with E-state index in [1.54, 1.807) is 4.90 Å². The largest absolute Gasteiger partial charge is 0.391 e. The van der Waals surface area contributed by atoms with E-state index in [9.17, 15) is 14.7 Å². The number of aliphatic hydroxyl groups is 1. The summed E-state index contributed by atoms with van der Waals surface area (Å²) >= 11 is 0. The minimum absolute atomic E-state index is 0.205. The maximum Gasteiger partial charge on any atom is 0.318 e. The smallest absolute Gasteiger partial charge is 0.318 e. The van der Waals surface area contributed by atoms with Gasteiger partial charge in [0.05, 0.1) is 6.10 Å². The van der Waals surface area contributed by atoms with Gasteiger partial charge in [-0.15, -0.1) is 0 Å². The molecule has 1 aliphatic rings. The number of hydroxylamine groups is 1. The predicted octanol–water partition coefficient (Wildman–Crippen LogP) is 2.50. The highest BCUT2D eigenvalue weighted by atomic mass is 16.5. The lowest BCUT2D eigenvalue weighted by Crippen LogP contribution is -2.56. The summed E-state index contributed by atoms with van der Waals surface area (Å²) in [7, 11) is 0. The monoisotopic (exact) mass is 397 g/mol. The Hall–Kier alpha value is -2.90. The first-order valence-corrected chi connectivity index (χ1v) is 9.82. The number of carbonyl (C=O) groups excluding carboxylic acids is 2. The second-order valence-electron chi connectivity index (χ2n) is 7.42. The van der Waals surface area contributed by atoms with E-state index in [4.69, 9.17) is 5.21 Å². The highest BCUT2D eigenvalue weighted by Crippen LogP contribution is 2.29. The lowest BCUT2D eigenvalue weighted by atomic mass is 9.89. The second-order valence-corrected chi connectivity index (χ2v) is 7.42. The van der Waals surface area contributed by atoms with Crippen molar-refractivity contribution in [1.29, 1.82) is 0 Å². The lowest BCUT2D eigenvalue weighted by molar-refractivity contribution is -0.133. The number of nitrogens with zero attached hydrogens (tertiary/aromatic N) is 1. The molecule has 3 amide bonds. The zero-order valence-corrected chi connectivity index (χ0v) is 16.4. The van der Waals surface area contributed by atoms with Gasteiger partial charge in [0.2, 0.25) is 0 Å². The maximum absolute atomic E-state index is 12.6. The van der Waals surface area contributed by atoms with Crippen molar-refractivity contribution in [3.63, 3.8) is 0 Å². The molecule has 0 bridgehead atoms. The molecule has 29 heavy (non-hydrogen) atoms. The van der Waals surface area contributed by atoms with Crippen LogP contribution in [0, 0.1) is 0 Å². The average molecular weight is 397 g/mol. The summed E-state index contributed by atoms with van der Waals surface area (Å²) in [6.07, 6.45) is 0.701. The fraction of sp³-hybridized carbons (Fsp3) is 0.364. The van der Waals surface area contributed by atoms with Gasteiger partial charge >= 0.3 is 6.03 Å². The van der Waals surface area contributed by atoms with E-state index >= 15 is 0 Å². The summed E-state index contributed by atoms with van der Waals surface area (Å²) in [5.74, 6) is -0.644. The van der Waals surface area contributed by atoms with E-state index in [2.05, 4.69) is 41.7 Å². The van der Waals surface area contributed by atoms with E-state index in [0.29, 0.717) is 13.1 Å². The topological polar surface area (TPSA) is 102 Å². The fourth-order valence-corrected chi connectivity index (χ4v) is 3.71. The Balaban J connectivity index is 1.65. The van der Waals surface area contributed by atoms with Crippen LogP contribution in [0.1, 0.15) is 31.2 Å². The number of likely N-dealkylation sites (tertiary alicyclic amines) is 1. The highest BCUT2D eigenvalue weighted by Gasteiger charge is 2.30. The molecule has 7 nitrogen and oxygen atoms in total. The normalized spacial score (nSPS) is 18.6. The number of piperidine rings is 1. The molecule has 3 atom stereocenters. The van der Waals surface area contributed by atoms with Gasteiger partial charge < -0.3 is 15.3 Å². The molecular formula is C22H27N3O4. The van der Waals surface area contributed by atoms with Crippen LogP contribution in [0.25, 0.3) is 11.1 Å². The molecule has 1 fully saturated rings. The van der Waals surface area contributed by atoms with Crippen LogP contribution in [0.3, 0.4) is 0 Å². The van der Waals surface area contributed by atoms with Gasteiger partial charge in [0.25, 0.3) is 5.91 Å². The standard InChI is InChI=1S/C22H27N3O4/c1-15(26)20(21(27)24-29)23-22(28)25-13-5-8-19(14-25)18-11-9-17(10-12-18)16-6-3-2-4-7-16/h2-4,6-7,9-12,15,19-20,26,29H,5,8,13-14H2,1H3,(H,23,28)(H,24,27)/t15-,19?,20-/m1/s1. The van der Waals surface area contributed by atoms with Crippen molar-refractivity contribution in [3.8, 4) is 11.1 Å². The summed E-state index contributed by atoms with van der Waals surface area (Å²) in [5.41, 5.74) is 4.95. The first-order valence-electron chi connectivity index (χ1n) is 9.82. The quantitative estimate of drug-likeness (QED) is 0.460. The van der Waals surface area contributed by atoms with E-state index in [1.807, 2.05) is 18.2 Å². The third kappa shape index (κ3) is 5.13. The van der Waals surface area contributed by atoms with Gasteiger partial charge in [-0.25, -0.2) is 10.3 Å². The zero-order valence-electron chi connectivity index (χ0n) is 16.4. The molecule has 154 valence electrons. The Kier molecular flexibility index (Phi) is 6.85. The molecule has 0 saturated carbocycles. The number of nitrogens with one attached hydrogen (secondary N) is 2. The van der Waals surface area contributed by atoms with Crippen LogP contribution in [0.2, 0.25) is 0 Å². The molecule has 1 saturated heterocycles. The number of rotatable bonds is 5. The first-order chi connectivity index (χ1) is 14.0. The van der Waals surface area contributed by atoms with Crippen molar-refractivity contribution in [2.45, 2.75) is 37.8 Å². The van der Waals surface area contributed by atoms with Crippen LogP contribution in [0.5, 0.6) is 0 Å². The Morgan fingerprint density at radius 3 is 2.34 bits per heavy atom. The average Bonchev–Trinajstić information content (AvgIpc) is 2.77. The summed E-state index contributed by atoms with van der Waals surface area (Å²) in [6.45, 7) is 2.50. The van der Waals surface area contributed by atoms with E-state index in [0.717, 1.165) is 24.0 Å². The Morgan fingerprint density at radius 2 is 1.72 bits per heavy atom. The molecule has 7 heteroatoms. The molecule has 0 aromatic heterocycles. The zero-order chi connectivity index (χ0) is 20.8. The number of urea groups is 1. The predicted molar refractivity (Wildman–Crippen MR) is 109 cm³/mol. The van der Waals surface area contributed by atoms with Crippen LogP contribution in [0.15, 0.2) is 54.6 Å². The second kappa shape index (κ2) is 9.54. The Labute approximate surface area is 170 Å². The van der Waals surface area contributed by atoms with Crippen molar-refractivity contribution >= 4 is 11.9 Å². The number of carbonyl (C=O) groups is 2. The van der Waals surface area contributed by atoms with Crippen molar-refractivity contribution < 1.29 is 19.9 Å². The number of amides is 3. The third-order valence-corrected chi connectivity index (χ3v) is 5.35. The molecule has 0 radical (unpaired) electrons. The molecule has 1 aliphatic heterocycles. The van der Waals surface area contributed by atoms with Gasteiger partial charge in [0.1, 0.15) is 6.04 Å². The van der Waals surface area contributed by atoms with Gasteiger partial charge in [-0.3, -0.25) is 10.0 Å². The number of aliphatic hydroxyl groups excluding tert-OH is 1. The maximum atomic E-state index is 12.6. The highest BCUT2D eigenvalue weighted by molar-refractivity contribution is 5.86. The van der Waals surface area contributed by atoms with Gasteiger partial charge in [0.15, 0.2) is 0 Å².